The molecule has 2 aliphatic rings. The van der Waals surface area contributed by atoms with Gasteiger partial charge in [-0.15, -0.1) is 0 Å². The number of rotatable bonds is 7. The zero-order chi connectivity index (χ0) is 22.9. The van der Waals surface area contributed by atoms with E-state index in [4.69, 9.17) is 0 Å². The van der Waals surface area contributed by atoms with Crippen LogP contribution in [0, 0.1) is 11.8 Å². The third kappa shape index (κ3) is 5.43. The van der Waals surface area contributed by atoms with Gasteiger partial charge in [0.15, 0.2) is 0 Å². The predicted molar refractivity (Wildman–Crippen MR) is 126 cm³/mol. The third-order valence-corrected chi connectivity index (χ3v) is 9.98. The van der Waals surface area contributed by atoms with Gasteiger partial charge in [0.2, 0.25) is 10.0 Å². The van der Waals surface area contributed by atoms with Crippen molar-refractivity contribution in [1.29, 1.82) is 0 Å². The zero-order valence-electron chi connectivity index (χ0n) is 18.8. The molecule has 0 amide bonds. The van der Waals surface area contributed by atoms with Crippen LogP contribution in [0.4, 0.5) is 5.82 Å². The van der Waals surface area contributed by atoms with Crippen LogP contribution in [0.1, 0.15) is 38.5 Å². The van der Waals surface area contributed by atoms with Crippen LogP contribution in [-0.2, 0) is 19.9 Å². The number of nitrogens with one attached hydrogen (secondary N) is 1. The topological polar surface area (TPSA) is 116 Å². The van der Waals surface area contributed by atoms with Gasteiger partial charge in [-0.05, 0) is 56.4 Å². The molecule has 0 aromatic carbocycles. The molecule has 1 N–H and O–H groups in total. The molecule has 11 heteroatoms. The lowest BCUT2D eigenvalue weighted by Gasteiger charge is -2.37. The van der Waals surface area contributed by atoms with Gasteiger partial charge in [-0.25, -0.2) is 31.1 Å². The number of aromatic amines is 1. The smallest absolute Gasteiger partial charge is 0.214 e. The summed E-state index contributed by atoms with van der Waals surface area (Å²) in [5.41, 5.74) is 0.817. The Labute approximate surface area is 190 Å². The van der Waals surface area contributed by atoms with Crippen molar-refractivity contribution < 1.29 is 16.8 Å². The molecule has 2 aromatic heterocycles. The Hall–Kier alpha value is -1.72. The summed E-state index contributed by atoms with van der Waals surface area (Å²) in [6, 6.07) is 2.30. The normalized spacial score (nSPS) is 25.8. The summed E-state index contributed by atoms with van der Waals surface area (Å²) in [7, 11) is -4.44. The molecule has 32 heavy (non-hydrogen) atoms. The van der Waals surface area contributed by atoms with E-state index < -0.39 is 19.9 Å². The van der Waals surface area contributed by atoms with E-state index >= 15 is 0 Å². The maximum absolute atomic E-state index is 13.1. The maximum atomic E-state index is 13.1. The molecule has 1 aliphatic carbocycles. The molecule has 0 unspecified atom stereocenters. The second-order valence-electron chi connectivity index (χ2n) is 9.46. The maximum Gasteiger partial charge on any atom is 0.214 e. The molecule has 2 fully saturated rings. The molecule has 0 spiro atoms. The van der Waals surface area contributed by atoms with Crippen molar-refractivity contribution in [3.8, 4) is 0 Å². The second kappa shape index (κ2) is 9.26. The van der Waals surface area contributed by atoms with Crippen molar-refractivity contribution in [3.05, 3.63) is 18.6 Å². The number of aromatic nitrogens is 3. The molecule has 3 heterocycles. The van der Waals surface area contributed by atoms with Gasteiger partial charge in [0.05, 0.1) is 16.9 Å². The van der Waals surface area contributed by atoms with Gasteiger partial charge >= 0.3 is 0 Å². The van der Waals surface area contributed by atoms with E-state index in [1.54, 1.807) is 6.33 Å². The van der Waals surface area contributed by atoms with E-state index in [9.17, 15) is 16.8 Å². The molecule has 1 saturated carbocycles. The van der Waals surface area contributed by atoms with Crippen molar-refractivity contribution in [2.45, 2.75) is 44.6 Å². The van der Waals surface area contributed by atoms with Crippen LogP contribution in [0.25, 0.3) is 11.0 Å². The van der Waals surface area contributed by atoms with Gasteiger partial charge in [-0.2, -0.15) is 0 Å². The SMILES string of the molecule is CN(c1ncnc2[nH]ccc12)C1CCC(CS(=O)(=O)N2CCC[C@H](CS(C)(=O)=O)C2)CC1. The molecule has 9 nitrogen and oxygen atoms in total. The number of H-pyrrole nitrogens is 1. The highest BCUT2D eigenvalue weighted by Crippen LogP contribution is 2.33. The van der Waals surface area contributed by atoms with Crippen LogP contribution in [0.2, 0.25) is 0 Å². The summed E-state index contributed by atoms with van der Waals surface area (Å²) in [6.07, 6.45) is 9.70. The molecule has 2 aromatic rings. The van der Waals surface area contributed by atoms with E-state index in [0.717, 1.165) is 55.4 Å². The molecular formula is C21H33N5O4S2. The number of fused-ring (bicyclic) bond motifs is 1. The summed E-state index contributed by atoms with van der Waals surface area (Å²) in [5.74, 6) is 1.16. The zero-order valence-corrected chi connectivity index (χ0v) is 20.4. The molecule has 1 atom stereocenters. The molecule has 1 saturated heterocycles. The van der Waals surface area contributed by atoms with Crippen molar-refractivity contribution in [3.63, 3.8) is 0 Å². The van der Waals surface area contributed by atoms with Gasteiger partial charge in [-0.1, -0.05) is 0 Å². The first kappa shape index (κ1) is 23.4. The Morgan fingerprint density at radius 2 is 1.81 bits per heavy atom. The van der Waals surface area contributed by atoms with Gasteiger partial charge in [0.1, 0.15) is 27.6 Å². The largest absolute Gasteiger partial charge is 0.356 e. The second-order valence-corrected chi connectivity index (χ2v) is 13.7. The molecule has 0 radical (unpaired) electrons. The fourth-order valence-electron chi connectivity index (χ4n) is 5.26. The Morgan fingerprint density at radius 1 is 1.06 bits per heavy atom. The van der Waals surface area contributed by atoms with Crippen molar-refractivity contribution >= 4 is 36.7 Å². The Bertz CT molecular complexity index is 1140. The monoisotopic (exact) mass is 483 g/mol. The average Bonchev–Trinajstić information content (AvgIpc) is 3.21. The first-order valence-corrected chi connectivity index (χ1v) is 15.0. The van der Waals surface area contributed by atoms with Gasteiger partial charge in [0.25, 0.3) is 0 Å². The number of hydrogen-bond acceptors (Lipinski definition) is 7. The number of piperidine rings is 1. The van der Waals surface area contributed by atoms with Crippen LogP contribution in [0.3, 0.4) is 0 Å². The molecule has 4 rings (SSSR count). The summed E-state index contributed by atoms with van der Waals surface area (Å²) in [6.45, 7) is 0.828. The number of anilines is 1. The van der Waals surface area contributed by atoms with Crippen LogP contribution in [-0.4, -0.2) is 80.0 Å². The van der Waals surface area contributed by atoms with Crippen LogP contribution < -0.4 is 4.90 Å². The van der Waals surface area contributed by atoms with Crippen LogP contribution in [0.15, 0.2) is 18.6 Å². The first-order valence-electron chi connectivity index (χ1n) is 11.3. The summed E-state index contributed by atoms with van der Waals surface area (Å²) in [4.78, 5) is 14.0. The van der Waals surface area contributed by atoms with Gasteiger partial charge in [0, 0.05) is 38.6 Å². The van der Waals surface area contributed by atoms with Crippen molar-refractivity contribution in [2.75, 3.05) is 42.8 Å². The Balaban J connectivity index is 1.33. The van der Waals surface area contributed by atoms with E-state index in [0.29, 0.717) is 19.1 Å². The molecule has 1 aliphatic heterocycles. The lowest BCUT2D eigenvalue weighted by molar-refractivity contribution is 0.276. The Kier molecular flexibility index (Phi) is 6.78. The highest BCUT2D eigenvalue weighted by molar-refractivity contribution is 7.90. The van der Waals surface area contributed by atoms with Crippen molar-refractivity contribution in [1.82, 2.24) is 19.3 Å². The summed E-state index contributed by atoms with van der Waals surface area (Å²) in [5, 5.41) is 0.994. The van der Waals surface area contributed by atoms with Crippen LogP contribution in [0.5, 0.6) is 0 Å². The van der Waals surface area contributed by atoms with Gasteiger partial charge in [-0.3, -0.25) is 0 Å². The summed E-state index contributed by atoms with van der Waals surface area (Å²) < 4.78 is 50.9. The minimum atomic E-state index is -3.38. The first-order chi connectivity index (χ1) is 15.1. The molecule has 178 valence electrons. The highest BCUT2D eigenvalue weighted by Gasteiger charge is 2.34. The average molecular weight is 484 g/mol. The third-order valence-electron chi connectivity index (χ3n) is 6.89. The standard InChI is InChI=1S/C21H33N5O4S2/c1-25(21-19-9-10-22-20(19)23-15-24-21)18-7-5-16(6-8-18)14-32(29,30)26-11-3-4-17(12-26)13-31(2,27)28/h9-10,15-18H,3-8,11-14H2,1-2H3,(H,22,23,24)/t16?,17-,18?/m0/s1. The summed E-state index contributed by atoms with van der Waals surface area (Å²) >= 11 is 0. The number of sulfone groups is 1. The Morgan fingerprint density at radius 3 is 2.53 bits per heavy atom. The van der Waals surface area contributed by atoms with Crippen molar-refractivity contribution in [2.24, 2.45) is 11.8 Å². The van der Waals surface area contributed by atoms with Crippen LogP contribution >= 0.6 is 0 Å². The fourth-order valence-corrected chi connectivity index (χ4v) is 8.37. The molecular weight excluding hydrogens is 450 g/mol. The number of sulfonamides is 1. The predicted octanol–water partition coefficient (Wildman–Crippen LogP) is 2.04. The van der Waals surface area contributed by atoms with E-state index in [1.165, 1.54) is 10.6 Å². The van der Waals surface area contributed by atoms with Gasteiger partial charge < -0.3 is 9.88 Å². The van der Waals surface area contributed by atoms with E-state index in [-0.39, 0.29) is 23.3 Å². The quantitative estimate of drug-likeness (QED) is 0.640. The minimum absolute atomic E-state index is 0.0634. The highest BCUT2D eigenvalue weighted by atomic mass is 32.2. The lowest BCUT2D eigenvalue weighted by atomic mass is 9.86. The number of hydrogen-bond donors (Lipinski definition) is 1. The minimum Gasteiger partial charge on any atom is -0.356 e. The number of nitrogens with zero attached hydrogens (tertiary/aromatic N) is 4. The van der Waals surface area contributed by atoms with E-state index in [2.05, 4.69) is 19.9 Å². The van der Waals surface area contributed by atoms with E-state index in [1.807, 2.05) is 19.3 Å². The lowest BCUT2D eigenvalue weighted by Crippen LogP contribution is -2.44. The fraction of sp³-hybridized carbons (Fsp3) is 0.714. The molecule has 0 bridgehead atoms.